The minimum Gasteiger partial charge on any atom is -0.507 e. The van der Waals surface area contributed by atoms with E-state index in [0.29, 0.717) is 16.9 Å². The van der Waals surface area contributed by atoms with E-state index in [-0.39, 0.29) is 16.6 Å². The quantitative estimate of drug-likeness (QED) is 0.723. The second-order valence-corrected chi connectivity index (χ2v) is 5.84. The molecule has 0 saturated heterocycles. The van der Waals surface area contributed by atoms with Crippen LogP contribution >= 0.6 is 0 Å². The molecule has 0 aliphatic carbocycles. The molecule has 0 aliphatic rings. The van der Waals surface area contributed by atoms with Gasteiger partial charge in [0, 0.05) is 11.1 Å². The Hall–Kier alpha value is -2.55. The molecule has 3 rings (SSSR count). The molecule has 3 aromatic rings. The number of hydrogen-bond acceptors (Lipinski definition) is 3. The number of aromatic hydroxyl groups is 1. The molecule has 0 amide bonds. The van der Waals surface area contributed by atoms with Crippen molar-refractivity contribution in [3.05, 3.63) is 62.8 Å². The zero-order valence-electron chi connectivity index (χ0n) is 13.2. The largest absolute Gasteiger partial charge is 0.507 e. The predicted octanol–water partition coefficient (Wildman–Crippen LogP) is 4.40. The van der Waals surface area contributed by atoms with Gasteiger partial charge in [-0.3, -0.25) is 4.79 Å². The highest BCUT2D eigenvalue weighted by atomic mass is 16.3. The summed E-state index contributed by atoms with van der Waals surface area (Å²) in [5.41, 5.74) is 4.80. The lowest BCUT2D eigenvalue weighted by molar-refractivity contribution is 0.479. The van der Waals surface area contributed by atoms with Crippen LogP contribution in [0.5, 0.6) is 5.75 Å². The number of rotatable bonds is 1. The third kappa shape index (κ3) is 2.19. The van der Waals surface area contributed by atoms with Crippen LogP contribution in [0.3, 0.4) is 0 Å². The van der Waals surface area contributed by atoms with Crippen molar-refractivity contribution in [1.29, 1.82) is 0 Å². The van der Waals surface area contributed by atoms with Crippen molar-refractivity contribution in [1.82, 2.24) is 0 Å². The molecular formula is C19H18O3. The molecule has 0 bridgehead atoms. The van der Waals surface area contributed by atoms with Gasteiger partial charge in [-0.05, 0) is 62.6 Å². The van der Waals surface area contributed by atoms with E-state index >= 15 is 0 Å². The molecule has 1 N–H and O–H groups in total. The second-order valence-electron chi connectivity index (χ2n) is 5.84. The molecule has 0 spiro atoms. The number of phenolic OH excluding ortho intramolecular Hbond substituents is 1. The van der Waals surface area contributed by atoms with Crippen LogP contribution in [0.15, 0.2) is 39.5 Å². The normalized spacial score (nSPS) is 11.1. The molecule has 22 heavy (non-hydrogen) atoms. The fourth-order valence-electron chi connectivity index (χ4n) is 2.68. The number of aryl methyl sites for hydroxylation is 3. The Labute approximate surface area is 128 Å². The van der Waals surface area contributed by atoms with E-state index in [0.717, 1.165) is 16.7 Å². The maximum atomic E-state index is 12.6. The van der Waals surface area contributed by atoms with Crippen molar-refractivity contribution in [2.75, 3.05) is 0 Å². The van der Waals surface area contributed by atoms with Gasteiger partial charge in [0.1, 0.15) is 22.5 Å². The van der Waals surface area contributed by atoms with Crippen molar-refractivity contribution in [2.45, 2.75) is 27.7 Å². The van der Waals surface area contributed by atoms with Crippen molar-refractivity contribution in [3.8, 4) is 17.1 Å². The maximum Gasteiger partial charge on any atom is 0.199 e. The summed E-state index contributed by atoms with van der Waals surface area (Å²) in [5, 5.41) is 10.3. The van der Waals surface area contributed by atoms with Crippen LogP contribution in [0, 0.1) is 27.7 Å². The van der Waals surface area contributed by atoms with Crippen molar-refractivity contribution in [2.24, 2.45) is 0 Å². The Bertz CT molecular complexity index is 949. The van der Waals surface area contributed by atoms with Crippen LogP contribution < -0.4 is 5.43 Å². The van der Waals surface area contributed by atoms with Gasteiger partial charge in [0.15, 0.2) is 5.43 Å². The fourth-order valence-corrected chi connectivity index (χ4v) is 2.68. The van der Waals surface area contributed by atoms with Gasteiger partial charge in [0.25, 0.3) is 0 Å². The summed E-state index contributed by atoms with van der Waals surface area (Å²) >= 11 is 0. The standard InChI is InChI=1S/C19H18O3/c1-10-7-15(20)17-16(8-10)22-19(13(4)18(17)21)14-6-5-11(2)12(3)9-14/h5-9,20H,1-4H3. The first-order chi connectivity index (χ1) is 10.4. The zero-order valence-corrected chi connectivity index (χ0v) is 13.2. The molecule has 3 heteroatoms. The minimum absolute atomic E-state index is 0.0292. The first-order valence-electron chi connectivity index (χ1n) is 7.23. The van der Waals surface area contributed by atoms with Crippen LogP contribution in [-0.2, 0) is 0 Å². The molecule has 0 aliphatic heterocycles. The summed E-state index contributed by atoms with van der Waals surface area (Å²) in [6.07, 6.45) is 0. The summed E-state index contributed by atoms with van der Waals surface area (Å²) in [7, 11) is 0. The van der Waals surface area contributed by atoms with Crippen LogP contribution in [0.4, 0.5) is 0 Å². The van der Waals surface area contributed by atoms with Gasteiger partial charge < -0.3 is 9.52 Å². The summed E-state index contributed by atoms with van der Waals surface area (Å²) < 4.78 is 5.96. The molecular weight excluding hydrogens is 276 g/mol. The van der Waals surface area contributed by atoms with Gasteiger partial charge in [-0.1, -0.05) is 12.1 Å². The number of benzene rings is 2. The Kier molecular flexibility index (Phi) is 3.28. The van der Waals surface area contributed by atoms with Crippen molar-refractivity contribution < 1.29 is 9.52 Å². The topological polar surface area (TPSA) is 50.4 Å². The molecule has 0 saturated carbocycles. The van der Waals surface area contributed by atoms with Crippen molar-refractivity contribution >= 4 is 11.0 Å². The molecule has 0 atom stereocenters. The SMILES string of the molecule is Cc1cc(O)c2c(=O)c(C)c(-c3ccc(C)c(C)c3)oc2c1. The van der Waals surface area contributed by atoms with Gasteiger partial charge in [0.2, 0.25) is 0 Å². The van der Waals surface area contributed by atoms with E-state index in [2.05, 4.69) is 0 Å². The molecule has 1 aromatic heterocycles. The lowest BCUT2D eigenvalue weighted by atomic mass is 10.0. The molecule has 1 heterocycles. The van der Waals surface area contributed by atoms with E-state index in [1.165, 1.54) is 5.56 Å². The summed E-state index contributed by atoms with van der Waals surface area (Å²) in [4.78, 5) is 12.6. The Morgan fingerprint density at radius 2 is 1.68 bits per heavy atom. The first-order valence-corrected chi connectivity index (χ1v) is 7.23. The average molecular weight is 294 g/mol. The molecule has 0 fully saturated rings. The van der Waals surface area contributed by atoms with Crippen LogP contribution in [-0.4, -0.2) is 5.11 Å². The molecule has 112 valence electrons. The average Bonchev–Trinajstić information content (AvgIpc) is 2.45. The molecule has 3 nitrogen and oxygen atoms in total. The van der Waals surface area contributed by atoms with Crippen LogP contribution in [0.2, 0.25) is 0 Å². The second kappa shape index (κ2) is 5.02. The Balaban J connectivity index is 2.38. The number of phenols is 1. The lowest BCUT2D eigenvalue weighted by Gasteiger charge is -2.10. The van der Waals surface area contributed by atoms with Crippen LogP contribution in [0.25, 0.3) is 22.3 Å². The van der Waals surface area contributed by atoms with E-state index in [9.17, 15) is 9.90 Å². The third-order valence-corrected chi connectivity index (χ3v) is 4.12. The maximum absolute atomic E-state index is 12.6. The highest BCUT2D eigenvalue weighted by molar-refractivity contribution is 5.86. The van der Waals surface area contributed by atoms with Gasteiger partial charge >= 0.3 is 0 Å². The molecule has 0 unspecified atom stereocenters. The van der Waals surface area contributed by atoms with Gasteiger partial charge in [-0.25, -0.2) is 0 Å². The number of fused-ring (bicyclic) bond motifs is 1. The van der Waals surface area contributed by atoms with E-state index in [1.807, 2.05) is 39.0 Å². The van der Waals surface area contributed by atoms with Gasteiger partial charge in [-0.15, -0.1) is 0 Å². The van der Waals surface area contributed by atoms with E-state index in [4.69, 9.17) is 4.42 Å². The zero-order chi connectivity index (χ0) is 16.0. The van der Waals surface area contributed by atoms with Crippen molar-refractivity contribution in [3.63, 3.8) is 0 Å². The molecule has 0 radical (unpaired) electrons. The Morgan fingerprint density at radius 1 is 0.955 bits per heavy atom. The summed E-state index contributed by atoms with van der Waals surface area (Å²) in [5.74, 6) is 0.532. The predicted molar refractivity (Wildman–Crippen MR) is 88.5 cm³/mol. The van der Waals surface area contributed by atoms with Gasteiger partial charge in [0.05, 0.1) is 0 Å². The monoisotopic (exact) mass is 294 g/mol. The highest BCUT2D eigenvalue weighted by Crippen LogP contribution is 2.30. The Morgan fingerprint density at radius 3 is 2.36 bits per heavy atom. The summed E-state index contributed by atoms with van der Waals surface area (Å²) in [6, 6.07) is 9.34. The lowest BCUT2D eigenvalue weighted by Crippen LogP contribution is -2.07. The van der Waals surface area contributed by atoms with Gasteiger partial charge in [-0.2, -0.15) is 0 Å². The fraction of sp³-hybridized carbons (Fsp3) is 0.211. The highest BCUT2D eigenvalue weighted by Gasteiger charge is 2.16. The van der Waals surface area contributed by atoms with E-state index < -0.39 is 0 Å². The first kappa shape index (κ1) is 14.4. The summed E-state index contributed by atoms with van der Waals surface area (Å²) in [6.45, 7) is 7.66. The minimum atomic E-state index is -0.188. The van der Waals surface area contributed by atoms with E-state index in [1.54, 1.807) is 19.1 Å². The molecule has 2 aromatic carbocycles. The van der Waals surface area contributed by atoms with Crippen LogP contribution in [0.1, 0.15) is 22.3 Å². The smallest absolute Gasteiger partial charge is 0.199 e. The third-order valence-electron chi connectivity index (χ3n) is 4.12. The number of hydrogen-bond donors (Lipinski definition) is 1.